The highest BCUT2D eigenvalue weighted by Gasteiger charge is 2.24. The summed E-state index contributed by atoms with van der Waals surface area (Å²) in [5.41, 5.74) is 7.56. The molecule has 0 fully saturated rings. The molecule has 0 aromatic carbocycles. The van der Waals surface area contributed by atoms with Gasteiger partial charge in [0.05, 0.1) is 11.4 Å². The molecular formula is C20H19F2N7O2S. The molecule has 4 aromatic heterocycles. The van der Waals surface area contributed by atoms with Gasteiger partial charge in [-0.2, -0.15) is 10.2 Å². The lowest BCUT2D eigenvalue weighted by Gasteiger charge is -2.07. The predicted molar refractivity (Wildman–Crippen MR) is 115 cm³/mol. The van der Waals surface area contributed by atoms with Crippen molar-refractivity contribution >= 4 is 39.1 Å². The first-order valence-electron chi connectivity index (χ1n) is 9.52. The highest BCUT2D eigenvalue weighted by molar-refractivity contribution is 7.21. The van der Waals surface area contributed by atoms with Crippen LogP contribution in [0.5, 0.6) is 0 Å². The SMILES string of the molecule is Cc1cc(C)n(Cn2ccc(C(=O)Nc3c(C(N)=O)sc4nc(C(F)F)cc(C)c34)n2)n1. The molecular weight excluding hydrogens is 440 g/mol. The minimum Gasteiger partial charge on any atom is -0.365 e. The fourth-order valence-corrected chi connectivity index (χ4v) is 4.47. The maximum Gasteiger partial charge on any atom is 0.280 e. The summed E-state index contributed by atoms with van der Waals surface area (Å²) in [7, 11) is 0. The molecule has 0 bridgehead atoms. The third-order valence-corrected chi connectivity index (χ3v) is 5.92. The number of aromatic nitrogens is 5. The minimum absolute atomic E-state index is 0.0254. The number of aryl methyl sites for hydroxylation is 3. The number of alkyl halides is 2. The summed E-state index contributed by atoms with van der Waals surface area (Å²) in [5, 5.41) is 11.7. The Hall–Kier alpha value is -3.67. The summed E-state index contributed by atoms with van der Waals surface area (Å²) in [4.78, 5) is 29.0. The van der Waals surface area contributed by atoms with Crippen molar-refractivity contribution in [2.24, 2.45) is 5.73 Å². The van der Waals surface area contributed by atoms with Crippen LogP contribution in [0.2, 0.25) is 0 Å². The zero-order valence-corrected chi connectivity index (χ0v) is 18.2. The van der Waals surface area contributed by atoms with Crippen molar-refractivity contribution in [2.75, 3.05) is 5.32 Å². The first-order chi connectivity index (χ1) is 15.1. The molecule has 0 aliphatic heterocycles. The maximum absolute atomic E-state index is 13.1. The van der Waals surface area contributed by atoms with Crippen molar-refractivity contribution in [3.63, 3.8) is 0 Å². The van der Waals surface area contributed by atoms with Gasteiger partial charge < -0.3 is 11.1 Å². The van der Waals surface area contributed by atoms with E-state index >= 15 is 0 Å². The van der Waals surface area contributed by atoms with E-state index in [0.29, 0.717) is 17.6 Å². The lowest BCUT2D eigenvalue weighted by Crippen LogP contribution is -2.18. The molecule has 0 radical (unpaired) electrons. The van der Waals surface area contributed by atoms with Gasteiger partial charge in [0.2, 0.25) is 0 Å². The summed E-state index contributed by atoms with van der Waals surface area (Å²) in [6, 6.07) is 4.68. The summed E-state index contributed by atoms with van der Waals surface area (Å²) < 4.78 is 29.5. The van der Waals surface area contributed by atoms with Crippen LogP contribution in [-0.4, -0.2) is 36.4 Å². The third kappa shape index (κ3) is 3.96. The van der Waals surface area contributed by atoms with Gasteiger partial charge in [0.25, 0.3) is 18.2 Å². The predicted octanol–water partition coefficient (Wildman–Crippen LogP) is 3.41. The summed E-state index contributed by atoms with van der Waals surface area (Å²) in [5.74, 6) is -1.37. The number of pyridine rings is 1. The van der Waals surface area contributed by atoms with Gasteiger partial charge in [-0.25, -0.2) is 18.4 Å². The fraction of sp³-hybridized carbons (Fsp3) is 0.250. The van der Waals surface area contributed by atoms with E-state index < -0.39 is 23.9 Å². The standard InChI is InChI=1S/C20H19F2N7O2S/c1-9-6-13(17(21)22)24-20-14(9)15(16(32-20)18(23)30)25-19(31)12-4-5-28(27-12)8-29-11(3)7-10(2)26-29/h4-7,17H,8H2,1-3H3,(H2,23,30)(H,25,31). The van der Waals surface area contributed by atoms with E-state index in [0.717, 1.165) is 22.7 Å². The Labute approximate surface area is 184 Å². The Bertz CT molecular complexity index is 1360. The topological polar surface area (TPSA) is 121 Å². The van der Waals surface area contributed by atoms with Crippen molar-refractivity contribution < 1.29 is 18.4 Å². The van der Waals surface area contributed by atoms with Crippen LogP contribution >= 0.6 is 11.3 Å². The number of carbonyl (C=O) groups excluding carboxylic acids is 2. The van der Waals surface area contributed by atoms with Crippen LogP contribution in [0.3, 0.4) is 0 Å². The average Bonchev–Trinajstić information content (AvgIpc) is 3.40. The molecule has 166 valence electrons. The van der Waals surface area contributed by atoms with Crippen LogP contribution in [0.1, 0.15) is 49.2 Å². The van der Waals surface area contributed by atoms with Crippen molar-refractivity contribution in [1.82, 2.24) is 24.5 Å². The largest absolute Gasteiger partial charge is 0.365 e. The van der Waals surface area contributed by atoms with Crippen molar-refractivity contribution in [3.05, 3.63) is 57.6 Å². The number of carbonyl (C=O) groups is 2. The Morgan fingerprint density at radius 1 is 1.22 bits per heavy atom. The number of primary amides is 1. The minimum atomic E-state index is -2.76. The second-order valence-electron chi connectivity index (χ2n) is 7.28. The molecule has 4 aromatic rings. The number of hydrogen-bond donors (Lipinski definition) is 2. The van der Waals surface area contributed by atoms with Crippen molar-refractivity contribution in [1.29, 1.82) is 0 Å². The van der Waals surface area contributed by atoms with Gasteiger partial charge in [-0.3, -0.25) is 14.3 Å². The van der Waals surface area contributed by atoms with E-state index in [1.807, 2.05) is 19.9 Å². The van der Waals surface area contributed by atoms with Crippen LogP contribution in [0.15, 0.2) is 24.4 Å². The zero-order chi connectivity index (χ0) is 23.2. The molecule has 0 aliphatic rings. The Balaban J connectivity index is 1.65. The zero-order valence-electron chi connectivity index (χ0n) is 17.4. The summed E-state index contributed by atoms with van der Waals surface area (Å²) in [6.45, 7) is 5.72. The number of hydrogen-bond acceptors (Lipinski definition) is 6. The quantitative estimate of drug-likeness (QED) is 0.458. The Morgan fingerprint density at radius 2 is 1.97 bits per heavy atom. The molecule has 9 nitrogen and oxygen atoms in total. The number of amides is 2. The lowest BCUT2D eigenvalue weighted by atomic mass is 10.1. The highest BCUT2D eigenvalue weighted by Crippen LogP contribution is 2.38. The molecule has 0 spiro atoms. The van der Waals surface area contributed by atoms with E-state index in [2.05, 4.69) is 20.5 Å². The lowest BCUT2D eigenvalue weighted by molar-refractivity contribution is 0.100. The monoisotopic (exact) mass is 459 g/mol. The van der Waals surface area contributed by atoms with Gasteiger partial charge in [-0.05, 0) is 44.5 Å². The van der Waals surface area contributed by atoms with Crippen LogP contribution < -0.4 is 11.1 Å². The fourth-order valence-electron chi connectivity index (χ4n) is 3.41. The molecule has 32 heavy (non-hydrogen) atoms. The summed E-state index contributed by atoms with van der Waals surface area (Å²) in [6.07, 6.45) is -1.13. The molecule has 2 amide bonds. The highest BCUT2D eigenvalue weighted by atomic mass is 32.1. The first-order valence-corrected chi connectivity index (χ1v) is 10.3. The van der Waals surface area contributed by atoms with Gasteiger partial charge >= 0.3 is 0 Å². The number of halogens is 2. The van der Waals surface area contributed by atoms with Crippen molar-refractivity contribution in [2.45, 2.75) is 33.9 Å². The van der Waals surface area contributed by atoms with E-state index in [-0.39, 0.29) is 21.1 Å². The summed E-state index contributed by atoms with van der Waals surface area (Å²) >= 11 is 0.855. The van der Waals surface area contributed by atoms with Crippen LogP contribution in [0.4, 0.5) is 14.5 Å². The normalized spacial score (nSPS) is 11.4. The number of thiophene rings is 1. The number of nitrogens with two attached hydrogens (primary N) is 1. The van der Waals surface area contributed by atoms with Crippen LogP contribution in [-0.2, 0) is 6.67 Å². The number of nitrogens with one attached hydrogen (secondary N) is 1. The van der Waals surface area contributed by atoms with Gasteiger partial charge in [0.15, 0.2) is 5.69 Å². The number of rotatable bonds is 6. The van der Waals surface area contributed by atoms with E-state index in [1.165, 1.54) is 12.1 Å². The van der Waals surface area contributed by atoms with Gasteiger partial charge in [0, 0.05) is 17.3 Å². The molecule has 0 unspecified atom stereocenters. The molecule has 0 saturated carbocycles. The van der Waals surface area contributed by atoms with E-state index in [4.69, 9.17) is 5.73 Å². The number of nitrogens with zero attached hydrogens (tertiary/aromatic N) is 5. The molecule has 0 saturated heterocycles. The molecule has 0 atom stereocenters. The van der Waals surface area contributed by atoms with E-state index in [9.17, 15) is 18.4 Å². The molecule has 4 rings (SSSR count). The van der Waals surface area contributed by atoms with Gasteiger partial charge in [0.1, 0.15) is 22.1 Å². The van der Waals surface area contributed by atoms with Gasteiger partial charge in [-0.15, -0.1) is 11.3 Å². The second-order valence-corrected chi connectivity index (χ2v) is 8.28. The Kier molecular flexibility index (Phi) is 5.46. The molecule has 12 heteroatoms. The Morgan fingerprint density at radius 3 is 2.59 bits per heavy atom. The molecule has 0 aliphatic carbocycles. The van der Waals surface area contributed by atoms with Crippen LogP contribution in [0, 0.1) is 20.8 Å². The van der Waals surface area contributed by atoms with Crippen LogP contribution in [0.25, 0.3) is 10.2 Å². The average molecular weight is 459 g/mol. The first kappa shape index (κ1) is 21.6. The number of anilines is 1. The number of fused-ring (bicyclic) bond motifs is 1. The smallest absolute Gasteiger partial charge is 0.280 e. The third-order valence-electron chi connectivity index (χ3n) is 4.82. The molecule has 4 heterocycles. The van der Waals surface area contributed by atoms with E-state index in [1.54, 1.807) is 22.5 Å². The maximum atomic E-state index is 13.1. The molecule has 3 N–H and O–H groups in total. The van der Waals surface area contributed by atoms with Crippen molar-refractivity contribution in [3.8, 4) is 0 Å². The second kappa shape index (κ2) is 8.11. The van der Waals surface area contributed by atoms with Gasteiger partial charge in [-0.1, -0.05) is 0 Å².